The number of halogens is 1. The zero-order valence-corrected chi connectivity index (χ0v) is 10.1. The third-order valence-corrected chi connectivity index (χ3v) is 3.66. The van der Waals surface area contributed by atoms with Gasteiger partial charge < -0.3 is 5.73 Å². The molecular weight excluding hydrogens is 255 g/mol. The molecule has 0 aliphatic carbocycles. The van der Waals surface area contributed by atoms with Crippen LogP contribution in [0.3, 0.4) is 0 Å². The molecule has 0 fully saturated rings. The maximum Gasteiger partial charge on any atom is 0.261 e. The van der Waals surface area contributed by atoms with Gasteiger partial charge in [0.1, 0.15) is 5.82 Å². The largest absolute Gasteiger partial charge is 0.399 e. The van der Waals surface area contributed by atoms with E-state index in [1.165, 1.54) is 42.5 Å². The average molecular weight is 266 g/mol. The van der Waals surface area contributed by atoms with Crippen LogP contribution < -0.4 is 10.5 Å². The molecule has 6 heteroatoms. The summed E-state index contributed by atoms with van der Waals surface area (Å²) >= 11 is 0. The van der Waals surface area contributed by atoms with Crippen molar-refractivity contribution in [2.24, 2.45) is 0 Å². The summed E-state index contributed by atoms with van der Waals surface area (Å²) in [7, 11) is -3.72. The van der Waals surface area contributed by atoms with Crippen LogP contribution in [0.25, 0.3) is 0 Å². The lowest BCUT2D eigenvalue weighted by molar-refractivity contribution is 0.601. The van der Waals surface area contributed by atoms with Gasteiger partial charge in [-0.15, -0.1) is 0 Å². The van der Waals surface area contributed by atoms with E-state index in [0.717, 1.165) is 6.07 Å². The fourth-order valence-electron chi connectivity index (χ4n) is 1.41. The van der Waals surface area contributed by atoms with E-state index in [0.29, 0.717) is 5.69 Å². The Balaban J connectivity index is 2.30. The van der Waals surface area contributed by atoms with Gasteiger partial charge in [0, 0.05) is 5.69 Å². The van der Waals surface area contributed by atoms with Crippen molar-refractivity contribution >= 4 is 21.4 Å². The SMILES string of the molecule is Nc1ccc(S(=O)(=O)Nc2cccc(F)c2)cc1. The van der Waals surface area contributed by atoms with Gasteiger partial charge in [0.05, 0.1) is 10.6 Å². The average Bonchev–Trinajstić information content (AvgIpc) is 2.29. The highest BCUT2D eigenvalue weighted by Crippen LogP contribution is 2.17. The van der Waals surface area contributed by atoms with Crippen LogP contribution in [-0.4, -0.2) is 8.42 Å². The van der Waals surface area contributed by atoms with Gasteiger partial charge in [-0.25, -0.2) is 12.8 Å². The van der Waals surface area contributed by atoms with E-state index in [4.69, 9.17) is 5.73 Å². The van der Waals surface area contributed by atoms with E-state index >= 15 is 0 Å². The Morgan fingerprint density at radius 3 is 2.33 bits per heavy atom. The quantitative estimate of drug-likeness (QED) is 0.837. The lowest BCUT2D eigenvalue weighted by Crippen LogP contribution is -2.13. The van der Waals surface area contributed by atoms with E-state index in [9.17, 15) is 12.8 Å². The van der Waals surface area contributed by atoms with Gasteiger partial charge in [0.15, 0.2) is 0 Å². The molecule has 0 aliphatic heterocycles. The highest BCUT2D eigenvalue weighted by molar-refractivity contribution is 7.92. The first kappa shape index (κ1) is 12.4. The van der Waals surface area contributed by atoms with Crippen molar-refractivity contribution in [2.45, 2.75) is 4.90 Å². The summed E-state index contributed by atoms with van der Waals surface area (Å²) in [5, 5.41) is 0. The molecule has 0 heterocycles. The summed E-state index contributed by atoms with van der Waals surface area (Å²) in [6.07, 6.45) is 0. The first-order chi connectivity index (χ1) is 8.47. The molecule has 0 saturated carbocycles. The van der Waals surface area contributed by atoms with Crippen LogP contribution in [-0.2, 0) is 10.0 Å². The second-order valence-electron chi connectivity index (χ2n) is 3.68. The monoisotopic (exact) mass is 266 g/mol. The van der Waals surface area contributed by atoms with Gasteiger partial charge >= 0.3 is 0 Å². The molecule has 2 aromatic carbocycles. The third kappa shape index (κ3) is 2.78. The van der Waals surface area contributed by atoms with Gasteiger partial charge in [0.2, 0.25) is 0 Å². The van der Waals surface area contributed by atoms with Crippen LogP contribution in [0.2, 0.25) is 0 Å². The van der Waals surface area contributed by atoms with E-state index < -0.39 is 15.8 Å². The number of anilines is 2. The van der Waals surface area contributed by atoms with Crippen molar-refractivity contribution in [3.05, 3.63) is 54.3 Å². The smallest absolute Gasteiger partial charge is 0.261 e. The molecule has 0 aromatic heterocycles. The summed E-state index contributed by atoms with van der Waals surface area (Å²) in [5.74, 6) is -0.507. The molecule has 4 nitrogen and oxygen atoms in total. The molecular formula is C12H11FN2O2S. The molecule has 0 saturated heterocycles. The zero-order chi connectivity index (χ0) is 13.2. The summed E-state index contributed by atoms with van der Waals surface area (Å²) in [5.41, 5.74) is 6.12. The van der Waals surface area contributed by atoms with Gasteiger partial charge in [0.25, 0.3) is 10.0 Å². The first-order valence-corrected chi connectivity index (χ1v) is 6.60. The Bertz CT molecular complexity index is 654. The number of sulfonamides is 1. The fraction of sp³-hybridized carbons (Fsp3) is 0. The van der Waals surface area contributed by atoms with Crippen molar-refractivity contribution in [3.63, 3.8) is 0 Å². The van der Waals surface area contributed by atoms with Gasteiger partial charge in [-0.2, -0.15) is 0 Å². The van der Waals surface area contributed by atoms with Crippen LogP contribution >= 0.6 is 0 Å². The zero-order valence-electron chi connectivity index (χ0n) is 9.30. The number of nitrogens with one attached hydrogen (secondary N) is 1. The molecule has 0 atom stereocenters. The van der Waals surface area contributed by atoms with Crippen molar-refractivity contribution in [3.8, 4) is 0 Å². The lowest BCUT2D eigenvalue weighted by Gasteiger charge is -2.08. The third-order valence-electron chi connectivity index (χ3n) is 2.27. The predicted molar refractivity (Wildman–Crippen MR) is 68.1 cm³/mol. The van der Waals surface area contributed by atoms with Crippen LogP contribution in [0.4, 0.5) is 15.8 Å². The highest BCUT2D eigenvalue weighted by atomic mass is 32.2. The normalized spacial score (nSPS) is 11.2. The Kier molecular flexibility index (Phi) is 3.20. The number of hydrogen-bond acceptors (Lipinski definition) is 3. The summed E-state index contributed by atoms with van der Waals surface area (Å²) in [6.45, 7) is 0. The van der Waals surface area contributed by atoms with Crippen molar-refractivity contribution in [1.29, 1.82) is 0 Å². The molecule has 0 amide bonds. The van der Waals surface area contributed by atoms with Crippen LogP contribution in [0.5, 0.6) is 0 Å². The summed E-state index contributed by atoms with van der Waals surface area (Å²) in [4.78, 5) is 0.0703. The first-order valence-electron chi connectivity index (χ1n) is 5.11. The summed E-state index contributed by atoms with van der Waals surface area (Å²) in [6, 6.07) is 11.0. The molecule has 0 spiro atoms. The van der Waals surface area contributed by atoms with E-state index in [1.54, 1.807) is 0 Å². The van der Waals surface area contributed by atoms with Crippen LogP contribution in [0.1, 0.15) is 0 Å². The van der Waals surface area contributed by atoms with E-state index in [1.807, 2.05) is 0 Å². The topological polar surface area (TPSA) is 72.2 Å². The van der Waals surface area contributed by atoms with E-state index in [2.05, 4.69) is 4.72 Å². The molecule has 2 aromatic rings. The maximum absolute atomic E-state index is 12.9. The van der Waals surface area contributed by atoms with Crippen LogP contribution in [0.15, 0.2) is 53.4 Å². The van der Waals surface area contributed by atoms with Gasteiger partial charge in [-0.05, 0) is 42.5 Å². The van der Waals surface area contributed by atoms with Crippen molar-refractivity contribution in [2.75, 3.05) is 10.5 Å². The Morgan fingerprint density at radius 1 is 1.06 bits per heavy atom. The number of rotatable bonds is 3. The molecule has 18 heavy (non-hydrogen) atoms. The van der Waals surface area contributed by atoms with Gasteiger partial charge in [-0.3, -0.25) is 4.72 Å². The molecule has 94 valence electrons. The highest BCUT2D eigenvalue weighted by Gasteiger charge is 2.13. The van der Waals surface area contributed by atoms with Crippen molar-refractivity contribution in [1.82, 2.24) is 0 Å². The Morgan fingerprint density at radius 2 is 1.72 bits per heavy atom. The maximum atomic E-state index is 12.9. The number of hydrogen-bond donors (Lipinski definition) is 2. The second-order valence-corrected chi connectivity index (χ2v) is 5.37. The van der Waals surface area contributed by atoms with Crippen molar-refractivity contribution < 1.29 is 12.8 Å². The number of nitrogen functional groups attached to an aromatic ring is 1. The molecule has 0 unspecified atom stereocenters. The molecule has 0 aliphatic rings. The minimum atomic E-state index is -3.72. The molecule has 2 rings (SSSR count). The Labute approximate surface area is 104 Å². The van der Waals surface area contributed by atoms with E-state index in [-0.39, 0.29) is 10.6 Å². The standard InChI is InChI=1S/C12H11FN2O2S/c13-9-2-1-3-11(8-9)15-18(16,17)12-6-4-10(14)5-7-12/h1-8,15H,14H2. The minimum Gasteiger partial charge on any atom is -0.399 e. The summed E-state index contributed by atoms with van der Waals surface area (Å²) < 4.78 is 39.1. The number of benzene rings is 2. The second kappa shape index (κ2) is 4.66. The fourth-order valence-corrected chi connectivity index (χ4v) is 2.46. The predicted octanol–water partition coefficient (Wildman–Crippen LogP) is 2.21. The lowest BCUT2D eigenvalue weighted by atomic mass is 10.3. The minimum absolute atomic E-state index is 0.0703. The molecule has 0 radical (unpaired) electrons. The van der Waals surface area contributed by atoms with Crippen LogP contribution in [0, 0.1) is 5.82 Å². The number of nitrogens with two attached hydrogens (primary N) is 1. The molecule has 3 N–H and O–H groups in total. The van der Waals surface area contributed by atoms with Gasteiger partial charge in [-0.1, -0.05) is 6.07 Å². The molecule has 0 bridgehead atoms. The Hall–Kier alpha value is -2.08.